The lowest BCUT2D eigenvalue weighted by molar-refractivity contribution is 0.353. The fourth-order valence-electron chi connectivity index (χ4n) is 3.07. The van der Waals surface area contributed by atoms with Crippen molar-refractivity contribution < 1.29 is 4.21 Å². The van der Waals surface area contributed by atoms with E-state index in [2.05, 4.69) is 24.3 Å². The highest BCUT2D eigenvalue weighted by molar-refractivity contribution is 7.84. The van der Waals surface area contributed by atoms with Gasteiger partial charge < -0.3 is 0 Å². The lowest BCUT2D eigenvalue weighted by Crippen LogP contribution is -2.49. The van der Waals surface area contributed by atoms with Gasteiger partial charge in [-0.3, -0.25) is 0 Å². The van der Waals surface area contributed by atoms with E-state index in [9.17, 15) is 4.21 Å². The zero-order valence-electron chi connectivity index (χ0n) is 16.3. The summed E-state index contributed by atoms with van der Waals surface area (Å²) in [4.78, 5) is 0. The molecule has 2 nitrogen and oxygen atoms in total. The Bertz CT molecular complexity index is 814. The topological polar surface area (TPSA) is 29.1 Å². The number of rotatable bonds is 7. The van der Waals surface area contributed by atoms with E-state index in [1.165, 1.54) is 0 Å². The highest BCUT2D eigenvalue weighted by Gasteiger charge is 2.39. The summed E-state index contributed by atoms with van der Waals surface area (Å²) in [6.45, 7) is 11.9. The molecule has 0 bridgehead atoms. The summed E-state index contributed by atoms with van der Waals surface area (Å²) in [6, 6.07) is 15.5. The summed E-state index contributed by atoms with van der Waals surface area (Å²) in [5.41, 5.74) is 1.47. The lowest BCUT2D eigenvalue weighted by Gasteiger charge is -2.40. The third kappa shape index (κ3) is 5.45. The molecule has 0 saturated heterocycles. The first-order chi connectivity index (χ1) is 12.6. The molecule has 5 heteroatoms. The molecule has 2 rings (SSSR count). The van der Waals surface area contributed by atoms with Crippen molar-refractivity contribution in [3.05, 3.63) is 82.4 Å². The third-order valence-electron chi connectivity index (χ3n) is 4.66. The van der Waals surface area contributed by atoms with Gasteiger partial charge in [0.15, 0.2) is 0 Å². The molecule has 0 spiro atoms. The molecule has 0 aromatic heterocycles. The number of hydrogen-bond acceptors (Lipinski definition) is 1. The van der Waals surface area contributed by atoms with Crippen LogP contribution in [0.3, 0.4) is 0 Å². The quantitative estimate of drug-likeness (QED) is 0.497. The van der Waals surface area contributed by atoms with Crippen LogP contribution in [-0.4, -0.2) is 8.96 Å². The molecule has 0 aliphatic heterocycles. The minimum atomic E-state index is -1.27. The summed E-state index contributed by atoms with van der Waals surface area (Å²) >= 11 is 12.4. The van der Waals surface area contributed by atoms with Crippen LogP contribution in [0.2, 0.25) is 10.0 Å². The number of halogens is 2. The lowest BCUT2D eigenvalue weighted by atomic mass is 9.75. The Hall–Kier alpha value is -1.13. The first-order valence-electron chi connectivity index (χ1n) is 8.90. The van der Waals surface area contributed by atoms with E-state index in [1.54, 1.807) is 0 Å². The van der Waals surface area contributed by atoms with Crippen LogP contribution in [0.15, 0.2) is 61.2 Å². The predicted octanol–water partition coefficient (Wildman–Crippen LogP) is 6.62. The van der Waals surface area contributed by atoms with Gasteiger partial charge in [0.1, 0.15) is 0 Å². The first kappa shape index (κ1) is 22.2. The van der Waals surface area contributed by atoms with E-state index in [-0.39, 0.29) is 5.92 Å². The monoisotopic (exact) mass is 423 g/mol. The summed E-state index contributed by atoms with van der Waals surface area (Å²) in [5.74, 6) is -0.0128. The van der Waals surface area contributed by atoms with Gasteiger partial charge in [-0.25, -0.2) is 8.93 Å². The van der Waals surface area contributed by atoms with Crippen LogP contribution in [0.5, 0.6) is 0 Å². The van der Waals surface area contributed by atoms with Crippen molar-refractivity contribution >= 4 is 34.2 Å². The number of benzene rings is 2. The maximum absolute atomic E-state index is 13.0. The molecule has 0 unspecified atom stereocenters. The fraction of sp³-hybridized carbons (Fsp3) is 0.364. The second kappa shape index (κ2) is 8.91. The van der Waals surface area contributed by atoms with Crippen molar-refractivity contribution in [1.82, 2.24) is 4.72 Å². The van der Waals surface area contributed by atoms with E-state index in [0.29, 0.717) is 16.5 Å². The van der Waals surface area contributed by atoms with Gasteiger partial charge in [0.25, 0.3) is 0 Å². The summed E-state index contributed by atoms with van der Waals surface area (Å²) in [5, 5.41) is 1.35. The molecule has 27 heavy (non-hydrogen) atoms. The van der Waals surface area contributed by atoms with Gasteiger partial charge in [0.2, 0.25) is 0 Å². The van der Waals surface area contributed by atoms with Gasteiger partial charge in [-0.15, -0.1) is 6.58 Å². The van der Waals surface area contributed by atoms with Crippen LogP contribution in [0.1, 0.15) is 51.2 Å². The SMILES string of the molecule is C=CC[C@H](c1cccc(Cl)c1)[C@](C)(N[S@](=O)C(C)(C)C)c1ccc(Cl)cc1. The zero-order valence-corrected chi connectivity index (χ0v) is 18.6. The molecule has 0 aliphatic carbocycles. The Morgan fingerprint density at radius 3 is 2.22 bits per heavy atom. The van der Waals surface area contributed by atoms with Gasteiger partial charge in [0, 0.05) is 16.0 Å². The van der Waals surface area contributed by atoms with Crippen molar-refractivity contribution in [2.24, 2.45) is 0 Å². The molecule has 0 fully saturated rings. The molecule has 0 saturated carbocycles. The molecule has 0 amide bonds. The van der Waals surface area contributed by atoms with Crippen molar-refractivity contribution in [2.45, 2.75) is 50.3 Å². The van der Waals surface area contributed by atoms with Crippen molar-refractivity contribution in [3.8, 4) is 0 Å². The molecule has 146 valence electrons. The molecule has 0 aliphatic rings. The molecule has 2 aromatic carbocycles. The first-order valence-corrected chi connectivity index (χ1v) is 10.8. The van der Waals surface area contributed by atoms with Crippen molar-refractivity contribution in [2.75, 3.05) is 0 Å². The fourth-order valence-corrected chi connectivity index (χ4v) is 4.34. The van der Waals surface area contributed by atoms with Crippen LogP contribution >= 0.6 is 23.2 Å². The molecule has 2 aromatic rings. The van der Waals surface area contributed by atoms with Crippen LogP contribution < -0.4 is 4.72 Å². The molecule has 3 atom stereocenters. The maximum Gasteiger partial charge on any atom is 0.0978 e. The second-order valence-corrected chi connectivity index (χ2v) is 10.7. The number of nitrogens with one attached hydrogen (secondary N) is 1. The van der Waals surface area contributed by atoms with E-state index < -0.39 is 21.3 Å². The third-order valence-corrected chi connectivity index (χ3v) is 6.86. The Labute approximate surface area is 175 Å². The maximum atomic E-state index is 13.0. The Kier molecular flexibility index (Phi) is 7.32. The van der Waals surface area contributed by atoms with Crippen molar-refractivity contribution in [1.29, 1.82) is 0 Å². The summed E-state index contributed by atoms with van der Waals surface area (Å²) < 4.78 is 16.1. The highest BCUT2D eigenvalue weighted by Crippen LogP contribution is 2.41. The minimum absolute atomic E-state index is 0.0128. The Balaban J connectivity index is 2.62. The van der Waals surface area contributed by atoms with Crippen LogP contribution in [-0.2, 0) is 16.5 Å². The zero-order chi connectivity index (χ0) is 20.2. The van der Waals surface area contributed by atoms with E-state index in [0.717, 1.165) is 11.1 Å². The van der Waals surface area contributed by atoms with Gasteiger partial charge >= 0.3 is 0 Å². The molecule has 1 N–H and O–H groups in total. The normalized spacial score (nSPS) is 16.4. The van der Waals surface area contributed by atoms with Crippen LogP contribution in [0, 0.1) is 0 Å². The van der Waals surface area contributed by atoms with E-state index in [1.807, 2.05) is 69.3 Å². The highest BCUT2D eigenvalue weighted by atomic mass is 35.5. The summed E-state index contributed by atoms with van der Waals surface area (Å²) in [6.07, 6.45) is 2.59. The average Bonchev–Trinajstić information content (AvgIpc) is 2.59. The molecular formula is C22H27Cl2NOS. The minimum Gasteiger partial charge on any atom is -0.242 e. The summed E-state index contributed by atoms with van der Waals surface area (Å²) in [7, 11) is -1.27. The Morgan fingerprint density at radius 2 is 1.70 bits per heavy atom. The van der Waals surface area contributed by atoms with Gasteiger partial charge in [0.05, 0.1) is 21.3 Å². The molecule has 0 radical (unpaired) electrons. The molecular weight excluding hydrogens is 397 g/mol. The second-order valence-electron chi connectivity index (χ2n) is 7.82. The largest absolute Gasteiger partial charge is 0.242 e. The van der Waals surface area contributed by atoms with Crippen molar-refractivity contribution in [3.63, 3.8) is 0 Å². The van der Waals surface area contributed by atoms with E-state index >= 15 is 0 Å². The average molecular weight is 424 g/mol. The molecule has 0 heterocycles. The standard InChI is InChI=1S/C22H27Cl2NOS/c1-6-8-20(16-9-7-10-19(24)15-16)22(5,25-27(26)21(2,3)4)17-11-13-18(23)14-12-17/h6-7,9-15,20,25H,1,8H2,2-5H3/t20-,22-,27-/m1/s1. The number of hydrogen-bond donors (Lipinski definition) is 1. The van der Waals surface area contributed by atoms with Gasteiger partial charge in [-0.2, -0.15) is 0 Å². The van der Waals surface area contributed by atoms with Crippen LogP contribution in [0.4, 0.5) is 0 Å². The predicted molar refractivity (Wildman–Crippen MR) is 119 cm³/mol. The van der Waals surface area contributed by atoms with Gasteiger partial charge in [-0.1, -0.05) is 53.5 Å². The van der Waals surface area contributed by atoms with Gasteiger partial charge in [-0.05, 0) is 69.5 Å². The van der Waals surface area contributed by atoms with Crippen LogP contribution in [0.25, 0.3) is 0 Å². The van der Waals surface area contributed by atoms with E-state index in [4.69, 9.17) is 23.2 Å². The number of allylic oxidation sites excluding steroid dienone is 1. The Morgan fingerprint density at radius 1 is 1.07 bits per heavy atom. The smallest absolute Gasteiger partial charge is 0.0978 e.